The van der Waals surface area contributed by atoms with Crippen LogP contribution in [0.3, 0.4) is 0 Å². The number of ether oxygens (including phenoxy) is 1. The molecule has 1 N–H and O–H groups in total. The number of aromatic nitrogens is 3. The molecule has 0 amide bonds. The standard InChI is InChI=1S/C22H26Cl2N4O3S/c1-4-6-7-16-8-10-17(11-9-16)31-22-26-25-21(28(22)5-2)15(3)27-32(29,30)18-12-13-19(23)20(24)14-18/h8-15,27H,4-7H2,1-3H3/t15-/m1/s1. The minimum absolute atomic E-state index is 0.0148. The second-order valence-corrected chi connectivity index (χ2v) is 9.88. The van der Waals surface area contributed by atoms with Crippen LogP contribution in [0, 0.1) is 0 Å². The van der Waals surface area contributed by atoms with E-state index in [1.807, 2.05) is 31.2 Å². The highest BCUT2D eigenvalue weighted by Gasteiger charge is 2.24. The van der Waals surface area contributed by atoms with Crippen molar-refractivity contribution in [3.05, 3.63) is 63.9 Å². The predicted molar refractivity (Wildman–Crippen MR) is 126 cm³/mol. The molecule has 2 aromatic carbocycles. The molecule has 1 aromatic heterocycles. The molecule has 172 valence electrons. The third kappa shape index (κ3) is 5.81. The zero-order valence-electron chi connectivity index (χ0n) is 18.2. The summed E-state index contributed by atoms with van der Waals surface area (Å²) >= 11 is 11.9. The Balaban J connectivity index is 1.76. The monoisotopic (exact) mass is 496 g/mol. The normalized spacial score (nSPS) is 12.7. The van der Waals surface area contributed by atoms with Gasteiger partial charge in [-0.2, -0.15) is 0 Å². The Morgan fingerprint density at radius 2 is 1.78 bits per heavy atom. The number of unbranched alkanes of at least 4 members (excludes halogenated alkanes) is 1. The average molecular weight is 497 g/mol. The molecule has 0 saturated carbocycles. The molecular formula is C22H26Cl2N4O3S. The van der Waals surface area contributed by atoms with Gasteiger partial charge in [-0.25, -0.2) is 13.1 Å². The van der Waals surface area contributed by atoms with Crippen molar-refractivity contribution < 1.29 is 13.2 Å². The van der Waals surface area contributed by atoms with Gasteiger partial charge in [-0.3, -0.25) is 4.57 Å². The number of benzene rings is 2. The van der Waals surface area contributed by atoms with E-state index in [0.717, 1.165) is 19.3 Å². The molecule has 0 radical (unpaired) electrons. The van der Waals surface area contributed by atoms with Crippen molar-refractivity contribution in [3.63, 3.8) is 0 Å². The summed E-state index contributed by atoms with van der Waals surface area (Å²) < 4.78 is 35.8. The van der Waals surface area contributed by atoms with Gasteiger partial charge in [0.2, 0.25) is 10.0 Å². The third-order valence-electron chi connectivity index (χ3n) is 4.93. The number of halogens is 2. The number of sulfonamides is 1. The molecule has 0 aliphatic rings. The van der Waals surface area contributed by atoms with Gasteiger partial charge < -0.3 is 4.74 Å². The maximum absolute atomic E-state index is 12.8. The van der Waals surface area contributed by atoms with Gasteiger partial charge in [0, 0.05) is 6.54 Å². The minimum atomic E-state index is -3.85. The number of nitrogens with one attached hydrogen (secondary N) is 1. The van der Waals surface area contributed by atoms with Gasteiger partial charge in [0.15, 0.2) is 5.82 Å². The molecule has 7 nitrogen and oxygen atoms in total. The maximum atomic E-state index is 12.8. The number of nitrogens with zero attached hydrogens (tertiary/aromatic N) is 3. The Hall–Kier alpha value is -2.13. The maximum Gasteiger partial charge on any atom is 0.322 e. The lowest BCUT2D eigenvalue weighted by Gasteiger charge is -2.15. The number of rotatable bonds is 10. The molecule has 0 unspecified atom stereocenters. The summed E-state index contributed by atoms with van der Waals surface area (Å²) in [4.78, 5) is 0.0148. The highest BCUT2D eigenvalue weighted by atomic mass is 35.5. The Kier molecular flexibility index (Phi) is 8.16. The lowest BCUT2D eigenvalue weighted by atomic mass is 10.1. The Morgan fingerprint density at radius 3 is 2.41 bits per heavy atom. The van der Waals surface area contributed by atoms with Gasteiger partial charge in [0.25, 0.3) is 0 Å². The van der Waals surface area contributed by atoms with E-state index in [4.69, 9.17) is 27.9 Å². The molecule has 0 aliphatic heterocycles. The number of aryl methyl sites for hydroxylation is 1. The fourth-order valence-electron chi connectivity index (χ4n) is 3.20. The first-order chi connectivity index (χ1) is 15.2. The second-order valence-electron chi connectivity index (χ2n) is 7.35. The zero-order chi connectivity index (χ0) is 23.3. The van der Waals surface area contributed by atoms with Crippen LogP contribution in [0.5, 0.6) is 11.8 Å². The van der Waals surface area contributed by atoms with E-state index in [1.54, 1.807) is 11.5 Å². The van der Waals surface area contributed by atoms with Crippen LogP contribution in [0.25, 0.3) is 0 Å². The minimum Gasteiger partial charge on any atom is -0.424 e. The molecular weight excluding hydrogens is 471 g/mol. The summed E-state index contributed by atoms with van der Waals surface area (Å²) in [6.07, 6.45) is 3.32. The first-order valence-electron chi connectivity index (χ1n) is 10.4. The summed E-state index contributed by atoms with van der Waals surface area (Å²) in [6, 6.07) is 11.6. The smallest absolute Gasteiger partial charge is 0.322 e. The number of hydrogen-bond donors (Lipinski definition) is 1. The van der Waals surface area contributed by atoms with Crippen molar-refractivity contribution in [2.24, 2.45) is 0 Å². The summed E-state index contributed by atoms with van der Waals surface area (Å²) in [6.45, 7) is 6.27. The van der Waals surface area contributed by atoms with Gasteiger partial charge in [-0.1, -0.05) is 53.8 Å². The SMILES string of the molecule is CCCCc1ccc(Oc2nnc([C@@H](C)NS(=O)(=O)c3ccc(Cl)c(Cl)c3)n2CC)cc1. The van der Waals surface area contributed by atoms with E-state index < -0.39 is 16.1 Å². The molecule has 0 bridgehead atoms. The summed E-state index contributed by atoms with van der Waals surface area (Å²) in [7, 11) is -3.85. The Labute approximate surface area is 198 Å². The molecule has 0 aliphatic carbocycles. The quantitative estimate of drug-likeness (QED) is 0.384. The average Bonchev–Trinajstić information content (AvgIpc) is 3.17. The molecule has 0 saturated heterocycles. The van der Waals surface area contributed by atoms with Crippen molar-refractivity contribution in [1.82, 2.24) is 19.5 Å². The van der Waals surface area contributed by atoms with Crippen molar-refractivity contribution in [3.8, 4) is 11.8 Å². The van der Waals surface area contributed by atoms with Crippen molar-refractivity contribution in [2.75, 3.05) is 0 Å². The van der Waals surface area contributed by atoms with Gasteiger partial charge in [0.05, 0.1) is 21.0 Å². The van der Waals surface area contributed by atoms with E-state index >= 15 is 0 Å². The summed E-state index contributed by atoms with van der Waals surface area (Å²) in [5.74, 6) is 1.08. The summed E-state index contributed by atoms with van der Waals surface area (Å²) in [5, 5.41) is 8.73. The first-order valence-corrected chi connectivity index (χ1v) is 12.7. The first kappa shape index (κ1) is 24.5. The van der Waals surface area contributed by atoms with Gasteiger partial charge in [0.1, 0.15) is 5.75 Å². The van der Waals surface area contributed by atoms with Crippen LogP contribution in [-0.4, -0.2) is 23.2 Å². The molecule has 32 heavy (non-hydrogen) atoms. The lowest BCUT2D eigenvalue weighted by Crippen LogP contribution is -2.29. The van der Waals surface area contributed by atoms with E-state index in [1.165, 1.54) is 23.8 Å². The van der Waals surface area contributed by atoms with Crippen LogP contribution >= 0.6 is 23.2 Å². The van der Waals surface area contributed by atoms with Crippen molar-refractivity contribution in [1.29, 1.82) is 0 Å². The predicted octanol–water partition coefficient (Wildman–Crippen LogP) is 5.78. The fourth-order valence-corrected chi connectivity index (χ4v) is 4.79. The number of hydrogen-bond acceptors (Lipinski definition) is 5. The van der Waals surface area contributed by atoms with Gasteiger partial charge in [-0.15, -0.1) is 5.10 Å². The fraction of sp³-hybridized carbons (Fsp3) is 0.364. The van der Waals surface area contributed by atoms with Crippen molar-refractivity contribution in [2.45, 2.75) is 57.5 Å². The topological polar surface area (TPSA) is 86.1 Å². The van der Waals surface area contributed by atoms with Crippen molar-refractivity contribution >= 4 is 33.2 Å². The van der Waals surface area contributed by atoms with E-state index in [9.17, 15) is 8.42 Å². The zero-order valence-corrected chi connectivity index (χ0v) is 20.5. The van der Waals surface area contributed by atoms with Crippen LogP contribution in [0.1, 0.15) is 51.0 Å². The molecule has 1 atom stereocenters. The van der Waals surface area contributed by atoms with E-state index in [-0.39, 0.29) is 14.9 Å². The highest BCUT2D eigenvalue weighted by molar-refractivity contribution is 7.89. The molecule has 3 rings (SSSR count). The van der Waals surface area contributed by atoms with E-state index in [0.29, 0.717) is 24.1 Å². The molecule has 10 heteroatoms. The van der Waals surface area contributed by atoms with Crippen LogP contribution in [0.15, 0.2) is 47.4 Å². The molecule has 1 heterocycles. The second kappa shape index (κ2) is 10.7. The Bertz CT molecular complexity index is 1160. The van der Waals surface area contributed by atoms with Crippen LogP contribution in [0.4, 0.5) is 0 Å². The third-order valence-corrected chi connectivity index (χ3v) is 7.21. The van der Waals surface area contributed by atoms with Gasteiger partial charge >= 0.3 is 6.01 Å². The molecule has 3 aromatic rings. The van der Waals surface area contributed by atoms with Gasteiger partial charge in [-0.05, 0) is 62.6 Å². The van der Waals surface area contributed by atoms with E-state index in [2.05, 4.69) is 21.8 Å². The summed E-state index contributed by atoms with van der Waals surface area (Å²) in [5.41, 5.74) is 1.25. The Morgan fingerprint density at radius 1 is 1.06 bits per heavy atom. The lowest BCUT2D eigenvalue weighted by molar-refractivity contribution is 0.407. The van der Waals surface area contributed by atoms with Crippen LogP contribution < -0.4 is 9.46 Å². The van der Waals surface area contributed by atoms with Crippen LogP contribution in [-0.2, 0) is 23.0 Å². The molecule has 0 spiro atoms. The molecule has 0 fully saturated rings. The highest BCUT2D eigenvalue weighted by Crippen LogP contribution is 2.27. The largest absolute Gasteiger partial charge is 0.424 e. The van der Waals surface area contributed by atoms with Crippen LogP contribution in [0.2, 0.25) is 10.0 Å².